The van der Waals surface area contributed by atoms with Crippen LogP contribution in [0.1, 0.15) is 25.3 Å². The Morgan fingerprint density at radius 1 is 1.50 bits per heavy atom. The van der Waals surface area contributed by atoms with E-state index in [1.165, 1.54) is 7.11 Å². The molecule has 1 unspecified atom stereocenters. The van der Waals surface area contributed by atoms with Gasteiger partial charge in [-0.25, -0.2) is 4.39 Å². The van der Waals surface area contributed by atoms with Crippen molar-refractivity contribution >= 4 is 11.6 Å². The first-order valence-corrected chi connectivity index (χ1v) is 5.73. The van der Waals surface area contributed by atoms with Crippen molar-refractivity contribution in [1.82, 2.24) is 5.32 Å². The van der Waals surface area contributed by atoms with Crippen LogP contribution in [0.4, 0.5) is 4.39 Å². The van der Waals surface area contributed by atoms with Crippen LogP contribution in [-0.4, -0.2) is 13.7 Å². The van der Waals surface area contributed by atoms with Crippen molar-refractivity contribution in [2.24, 2.45) is 0 Å². The first-order chi connectivity index (χ1) is 7.57. The molecule has 1 fully saturated rings. The summed E-state index contributed by atoms with van der Waals surface area (Å²) in [6, 6.07) is 3.40. The molecule has 0 aromatic heterocycles. The first kappa shape index (κ1) is 11.7. The number of hydrogen-bond donors (Lipinski definition) is 1. The maximum absolute atomic E-state index is 13.5. The average molecular weight is 244 g/mol. The Kier molecular flexibility index (Phi) is 3.08. The fourth-order valence-corrected chi connectivity index (χ4v) is 2.38. The molecule has 0 amide bonds. The second-order valence-corrected chi connectivity index (χ2v) is 4.74. The molecule has 0 aliphatic carbocycles. The van der Waals surface area contributed by atoms with E-state index < -0.39 is 5.82 Å². The van der Waals surface area contributed by atoms with E-state index in [1.54, 1.807) is 12.1 Å². The van der Waals surface area contributed by atoms with E-state index in [4.69, 9.17) is 16.3 Å². The topological polar surface area (TPSA) is 21.3 Å². The standard InChI is InChI=1S/C12H15ClFNO/c1-12(4-3-5-15-12)8-6-9(13)11(14)10(7-8)16-2/h6-7,15H,3-5H2,1-2H3. The van der Waals surface area contributed by atoms with Crippen LogP contribution in [0.5, 0.6) is 5.75 Å². The van der Waals surface area contributed by atoms with Crippen molar-refractivity contribution in [3.63, 3.8) is 0 Å². The van der Waals surface area contributed by atoms with Gasteiger partial charge in [0.15, 0.2) is 11.6 Å². The summed E-state index contributed by atoms with van der Waals surface area (Å²) in [7, 11) is 1.45. The van der Waals surface area contributed by atoms with Crippen LogP contribution < -0.4 is 10.1 Å². The molecule has 1 atom stereocenters. The Hall–Kier alpha value is -0.800. The molecule has 1 saturated heterocycles. The van der Waals surface area contributed by atoms with Gasteiger partial charge in [-0.05, 0) is 44.0 Å². The molecule has 0 radical (unpaired) electrons. The summed E-state index contributed by atoms with van der Waals surface area (Å²) < 4.78 is 18.5. The van der Waals surface area contributed by atoms with Crippen LogP contribution in [0.2, 0.25) is 5.02 Å². The quantitative estimate of drug-likeness (QED) is 0.862. The average Bonchev–Trinajstić information content (AvgIpc) is 2.70. The van der Waals surface area contributed by atoms with E-state index in [0.717, 1.165) is 24.9 Å². The summed E-state index contributed by atoms with van der Waals surface area (Å²) >= 11 is 5.86. The van der Waals surface area contributed by atoms with Crippen LogP contribution in [0.15, 0.2) is 12.1 Å². The Bertz CT molecular complexity index is 402. The minimum absolute atomic E-state index is 0.115. The molecular weight excluding hydrogens is 229 g/mol. The molecule has 0 bridgehead atoms. The maximum atomic E-state index is 13.5. The Morgan fingerprint density at radius 3 is 2.81 bits per heavy atom. The van der Waals surface area contributed by atoms with Gasteiger partial charge in [-0.15, -0.1) is 0 Å². The lowest BCUT2D eigenvalue weighted by Gasteiger charge is -2.25. The van der Waals surface area contributed by atoms with Crippen LogP contribution >= 0.6 is 11.6 Å². The molecule has 4 heteroatoms. The van der Waals surface area contributed by atoms with Crippen molar-refractivity contribution in [3.05, 3.63) is 28.5 Å². The van der Waals surface area contributed by atoms with Gasteiger partial charge < -0.3 is 10.1 Å². The van der Waals surface area contributed by atoms with Gasteiger partial charge >= 0.3 is 0 Å². The second-order valence-electron chi connectivity index (χ2n) is 4.34. The number of nitrogens with one attached hydrogen (secondary N) is 1. The van der Waals surface area contributed by atoms with Gasteiger partial charge in [0.1, 0.15) is 0 Å². The number of hydrogen-bond acceptors (Lipinski definition) is 2. The summed E-state index contributed by atoms with van der Waals surface area (Å²) in [5, 5.41) is 3.53. The monoisotopic (exact) mass is 243 g/mol. The zero-order chi connectivity index (χ0) is 11.8. The third-order valence-corrected chi connectivity index (χ3v) is 3.50. The van der Waals surface area contributed by atoms with Crippen molar-refractivity contribution in [2.45, 2.75) is 25.3 Å². The van der Waals surface area contributed by atoms with Gasteiger partial charge in [-0.2, -0.15) is 0 Å². The molecule has 1 aromatic carbocycles. The SMILES string of the molecule is COc1cc(C2(C)CCCN2)cc(Cl)c1F. The van der Waals surface area contributed by atoms with Gasteiger partial charge in [0.25, 0.3) is 0 Å². The fourth-order valence-electron chi connectivity index (χ4n) is 2.17. The zero-order valence-electron chi connectivity index (χ0n) is 9.44. The van der Waals surface area contributed by atoms with Crippen molar-refractivity contribution in [3.8, 4) is 5.75 Å². The van der Waals surface area contributed by atoms with E-state index >= 15 is 0 Å². The van der Waals surface area contributed by atoms with Crippen molar-refractivity contribution in [1.29, 1.82) is 0 Å². The largest absolute Gasteiger partial charge is 0.494 e. The summed E-state index contributed by atoms with van der Waals surface area (Å²) in [4.78, 5) is 0. The third-order valence-electron chi connectivity index (χ3n) is 3.22. The van der Waals surface area contributed by atoms with Gasteiger partial charge in [-0.1, -0.05) is 11.6 Å². The summed E-state index contributed by atoms with van der Waals surface area (Å²) in [6.45, 7) is 3.08. The first-order valence-electron chi connectivity index (χ1n) is 5.35. The molecule has 88 valence electrons. The van der Waals surface area contributed by atoms with E-state index in [9.17, 15) is 4.39 Å². The number of benzene rings is 1. The third kappa shape index (κ3) is 1.89. The lowest BCUT2D eigenvalue weighted by molar-refractivity contribution is 0.379. The molecule has 1 aromatic rings. The number of methoxy groups -OCH3 is 1. The van der Waals surface area contributed by atoms with E-state index in [1.807, 2.05) is 0 Å². The molecular formula is C12H15ClFNO. The highest BCUT2D eigenvalue weighted by Crippen LogP contribution is 2.36. The van der Waals surface area contributed by atoms with E-state index in [0.29, 0.717) is 0 Å². The molecule has 1 heterocycles. The number of halogens is 2. The highest BCUT2D eigenvalue weighted by molar-refractivity contribution is 6.31. The van der Waals surface area contributed by atoms with Gasteiger partial charge in [0.2, 0.25) is 0 Å². The molecule has 0 saturated carbocycles. The summed E-state index contributed by atoms with van der Waals surface area (Å²) in [5.41, 5.74) is 0.859. The normalized spacial score (nSPS) is 24.8. The molecule has 16 heavy (non-hydrogen) atoms. The Morgan fingerprint density at radius 2 is 2.25 bits per heavy atom. The van der Waals surface area contributed by atoms with E-state index in [2.05, 4.69) is 12.2 Å². The minimum atomic E-state index is -0.491. The second kappa shape index (κ2) is 4.22. The van der Waals surface area contributed by atoms with Crippen LogP contribution in [0, 0.1) is 5.82 Å². The molecule has 1 aliphatic rings. The highest BCUT2D eigenvalue weighted by atomic mass is 35.5. The smallest absolute Gasteiger partial charge is 0.183 e. The van der Waals surface area contributed by atoms with Gasteiger partial charge in [-0.3, -0.25) is 0 Å². The molecule has 0 spiro atoms. The van der Waals surface area contributed by atoms with Gasteiger partial charge in [0, 0.05) is 5.54 Å². The zero-order valence-corrected chi connectivity index (χ0v) is 10.2. The lowest BCUT2D eigenvalue weighted by Crippen LogP contribution is -2.33. The van der Waals surface area contributed by atoms with Crippen LogP contribution in [0.3, 0.4) is 0 Å². The van der Waals surface area contributed by atoms with E-state index in [-0.39, 0.29) is 16.3 Å². The van der Waals surface area contributed by atoms with Gasteiger partial charge in [0.05, 0.1) is 12.1 Å². The summed E-state index contributed by atoms with van der Waals surface area (Å²) in [6.07, 6.45) is 2.14. The Balaban J connectivity index is 2.45. The molecule has 2 nitrogen and oxygen atoms in total. The van der Waals surface area contributed by atoms with Crippen LogP contribution in [-0.2, 0) is 5.54 Å². The summed E-state index contributed by atoms with van der Waals surface area (Å²) in [5.74, 6) is -0.285. The molecule has 1 N–H and O–H groups in total. The number of ether oxygens (including phenoxy) is 1. The fraction of sp³-hybridized carbons (Fsp3) is 0.500. The van der Waals surface area contributed by atoms with Crippen molar-refractivity contribution in [2.75, 3.05) is 13.7 Å². The maximum Gasteiger partial charge on any atom is 0.183 e. The lowest BCUT2D eigenvalue weighted by atomic mass is 9.90. The Labute approximate surface area is 99.7 Å². The highest BCUT2D eigenvalue weighted by Gasteiger charge is 2.31. The predicted octanol–water partition coefficient (Wildman–Crippen LogP) is 3.09. The molecule has 1 aliphatic heterocycles. The van der Waals surface area contributed by atoms with Crippen LogP contribution in [0.25, 0.3) is 0 Å². The molecule has 2 rings (SSSR count). The minimum Gasteiger partial charge on any atom is -0.494 e. The predicted molar refractivity (Wildman–Crippen MR) is 62.6 cm³/mol. The van der Waals surface area contributed by atoms with Crippen molar-refractivity contribution < 1.29 is 9.13 Å². The number of rotatable bonds is 2.